The molecule has 234 valence electrons. The summed E-state index contributed by atoms with van der Waals surface area (Å²) in [5, 5.41) is 14.1. The summed E-state index contributed by atoms with van der Waals surface area (Å²) in [7, 11) is 1.81. The molecule has 0 saturated heterocycles. The Balaban J connectivity index is 1.49. The van der Waals surface area contributed by atoms with E-state index in [4.69, 9.17) is 6.57 Å². The van der Waals surface area contributed by atoms with Crippen LogP contribution >= 0.6 is 0 Å². The minimum atomic E-state index is -4.55. The second kappa shape index (κ2) is 13.3. The van der Waals surface area contributed by atoms with Crippen LogP contribution in [0, 0.1) is 18.4 Å². The van der Waals surface area contributed by atoms with Crippen molar-refractivity contribution < 1.29 is 23.1 Å². The first-order valence-electron chi connectivity index (χ1n) is 15.5. The lowest BCUT2D eigenvalue weighted by atomic mass is 9.81. The summed E-state index contributed by atoms with van der Waals surface area (Å²) >= 11 is 0. The standard InChI is InChI=1S/C34H40F3N5O2/c1-4-41(20-23-9-11-25(12-10-23)33(43)44)31-18-27-8-6-5-7-26(27)17-28(31)22-42(32-13-14-40(3)39-32)21-24-15-29(34(35,36)37)19-30(16-24)38-2/h13-19,23,25H,4-12,20-22H2,1,3H3,(H,43,44)/t23-,25-. The maximum Gasteiger partial charge on any atom is 0.415 e. The molecule has 0 unspecified atom stereocenters. The third-order valence-electron chi connectivity index (χ3n) is 9.13. The van der Waals surface area contributed by atoms with Crippen LogP contribution in [0.3, 0.4) is 0 Å². The van der Waals surface area contributed by atoms with Gasteiger partial charge < -0.3 is 14.9 Å². The summed E-state index contributed by atoms with van der Waals surface area (Å²) in [5.74, 6) is 0.0879. The number of hydrogen-bond acceptors (Lipinski definition) is 4. The Morgan fingerprint density at radius 3 is 2.34 bits per heavy atom. The molecule has 7 nitrogen and oxygen atoms in total. The Labute approximate surface area is 257 Å². The van der Waals surface area contributed by atoms with Crippen molar-refractivity contribution >= 4 is 23.2 Å². The molecule has 1 fully saturated rings. The monoisotopic (exact) mass is 607 g/mol. The Kier molecular flexibility index (Phi) is 9.52. The fourth-order valence-corrected chi connectivity index (χ4v) is 6.76. The third-order valence-corrected chi connectivity index (χ3v) is 9.13. The van der Waals surface area contributed by atoms with E-state index in [1.165, 1.54) is 17.2 Å². The highest BCUT2D eigenvalue weighted by Crippen LogP contribution is 2.37. The van der Waals surface area contributed by atoms with Crippen LogP contribution in [0.2, 0.25) is 0 Å². The number of carboxylic acids is 1. The van der Waals surface area contributed by atoms with Crippen molar-refractivity contribution in [1.29, 1.82) is 0 Å². The molecule has 0 spiro atoms. The van der Waals surface area contributed by atoms with Gasteiger partial charge in [0.15, 0.2) is 11.5 Å². The average Bonchev–Trinajstić information content (AvgIpc) is 3.45. The van der Waals surface area contributed by atoms with E-state index >= 15 is 0 Å². The Hall–Kier alpha value is -4.00. The summed E-state index contributed by atoms with van der Waals surface area (Å²) < 4.78 is 42.8. The van der Waals surface area contributed by atoms with Gasteiger partial charge in [-0.15, -0.1) is 0 Å². The van der Waals surface area contributed by atoms with E-state index in [0.717, 1.165) is 75.0 Å². The predicted molar refractivity (Wildman–Crippen MR) is 165 cm³/mol. The van der Waals surface area contributed by atoms with Crippen molar-refractivity contribution in [2.45, 2.75) is 77.6 Å². The topological polar surface area (TPSA) is 66.0 Å². The number of nitrogens with zero attached hydrogens (tertiary/aromatic N) is 5. The smallest absolute Gasteiger partial charge is 0.415 e. The van der Waals surface area contributed by atoms with E-state index in [9.17, 15) is 23.1 Å². The molecule has 0 bridgehead atoms. The van der Waals surface area contributed by atoms with Gasteiger partial charge in [0.2, 0.25) is 0 Å². The van der Waals surface area contributed by atoms with Gasteiger partial charge in [-0.1, -0.05) is 12.1 Å². The van der Waals surface area contributed by atoms with E-state index in [2.05, 4.69) is 33.9 Å². The van der Waals surface area contributed by atoms with Gasteiger partial charge in [0.05, 0.1) is 12.5 Å². The van der Waals surface area contributed by atoms with Gasteiger partial charge >= 0.3 is 12.1 Å². The van der Waals surface area contributed by atoms with E-state index in [0.29, 0.717) is 36.7 Å². The zero-order valence-electron chi connectivity index (χ0n) is 25.4. The molecule has 2 aliphatic rings. The van der Waals surface area contributed by atoms with Crippen LogP contribution in [-0.2, 0) is 43.9 Å². The molecule has 44 heavy (non-hydrogen) atoms. The first-order chi connectivity index (χ1) is 21.0. The molecule has 1 aromatic heterocycles. The van der Waals surface area contributed by atoms with Gasteiger partial charge in [-0.05, 0) is 105 Å². The molecule has 0 radical (unpaired) electrons. The summed E-state index contributed by atoms with van der Waals surface area (Å²) in [6.07, 6.45) is 4.73. The van der Waals surface area contributed by atoms with Gasteiger partial charge in [0, 0.05) is 56.7 Å². The van der Waals surface area contributed by atoms with Crippen LogP contribution in [0.5, 0.6) is 0 Å². The fourth-order valence-electron chi connectivity index (χ4n) is 6.76. The lowest BCUT2D eigenvalue weighted by Gasteiger charge is -2.35. The minimum Gasteiger partial charge on any atom is -0.481 e. The van der Waals surface area contributed by atoms with E-state index < -0.39 is 17.7 Å². The molecule has 0 aliphatic heterocycles. The third kappa shape index (κ3) is 7.37. The van der Waals surface area contributed by atoms with Crippen molar-refractivity contribution in [3.8, 4) is 0 Å². The van der Waals surface area contributed by atoms with Crippen molar-refractivity contribution in [3.63, 3.8) is 0 Å². The molecular weight excluding hydrogens is 567 g/mol. The van der Waals surface area contributed by atoms with Gasteiger partial charge in [-0.3, -0.25) is 9.48 Å². The zero-order chi connectivity index (χ0) is 31.4. The van der Waals surface area contributed by atoms with Crippen LogP contribution in [0.15, 0.2) is 42.6 Å². The molecule has 1 saturated carbocycles. The number of aryl methyl sites for hydroxylation is 3. The molecule has 1 heterocycles. The van der Waals surface area contributed by atoms with Gasteiger partial charge in [0.1, 0.15) is 0 Å². The quantitative estimate of drug-likeness (QED) is 0.238. The number of aliphatic carboxylic acids is 1. The molecule has 0 amide bonds. The number of aromatic nitrogens is 2. The number of rotatable bonds is 10. The van der Waals surface area contributed by atoms with Crippen LogP contribution in [-0.4, -0.2) is 33.9 Å². The van der Waals surface area contributed by atoms with Crippen molar-refractivity contribution in [2.24, 2.45) is 18.9 Å². The van der Waals surface area contributed by atoms with Gasteiger partial charge in [0.25, 0.3) is 0 Å². The normalized spacial score (nSPS) is 18.4. The Bertz CT molecular complexity index is 1520. The fraction of sp³-hybridized carbons (Fsp3) is 0.500. The first kappa shape index (κ1) is 31.4. The van der Waals surface area contributed by atoms with Crippen molar-refractivity contribution in [3.05, 3.63) is 81.8 Å². The molecule has 2 aromatic carbocycles. The van der Waals surface area contributed by atoms with Crippen LogP contribution in [0.4, 0.5) is 30.4 Å². The SMILES string of the molecule is [C-]#[N+]c1cc(CN(Cc2cc3c(cc2N(CC)C[C@H]2CC[C@H](C(=O)O)CC2)CCCC3)c2ccn(C)n2)cc(C(F)(F)F)c1. The Morgan fingerprint density at radius 1 is 1.05 bits per heavy atom. The summed E-state index contributed by atoms with van der Waals surface area (Å²) in [5.41, 5.74) is 4.43. The maximum absolute atomic E-state index is 13.7. The lowest BCUT2D eigenvalue weighted by Crippen LogP contribution is -2.34. The number of hydrogen-bond donors (Lipinski definition) is 1. The largest absolute Gasteiger partial charge is 0.481 e. The first-order valence-corrected chi connectivity index (χ1v) is 15.5. The zero-order valence-corrected chi connectivity index (χ0v) is 25.4. The predicted octanol–water partition coefficient (Wildman–Crippen LogP) is 7.79. The highest BCUT2D eigenvalue weighted by molar-refractivity contribution is 5.70. The van der Waals surface area contributed by atoms with Gasteiger partial charge in [-0.2, -0.15) is 18.3 Å². The van der Waals surface area contributed by atoms with Crippen molar-refractivity contribution in [2.75, 3.05) is 22.9 Å². The molecular formula is C34H40F3N5O2. The van der Waals surface area contributed by atoms with Crippen LogP contribution in [0.1, 0.15) is 73.3 Å². The van der Waals surface area contributed by atoms with E-state index in [1.807, 2.05) is 24.2 Å². The van der Waals surface area contributed by atoms with Crippen LogP contribution < -0.4 is 9.80 Å². The molecule has 2 aliphatic carbocycles. The molecule has 0 atom stereocenters. The highest BCUT2D eigenvalue weighted by atomic mass is 19.4. The summed E-state index contributed by atoms with van der Waals surface area (Å²) in [4.78, 5) is 19.2. The minimum absolute atomic E-state index is 0.0416. The molecule has 10 heteroatoms. The Morgan fingerprint density at radius 2 is 1.75 bits per heavy atom. The lowest BCUT2D eigenvalue weighted by molar-refractivity contribution is -0.143. The number of carboxylic acid groups (broad SMARTS) is 1. The highest BCUT2D eigenvalue weighted by Gasteiger charge is 2.32. The van der Waals surface area contributed by atoms with Crippen LogP contribution in [0.25, 0.3) is 4.85 Å². The number of halogens is 3. The van der Waals surface area contributed by atoms with Gasteiger partial charge in [-0.25, -0.2) is 4.85 Å². The summed E-state index contributed by atoms with van der Waals surface area (Å²) in [6, 6.07) is 10.0. The maximum atomic E-state index is 13.7. The summed E-state index contributed by atoms with van der Waals surface area (Å²) in [6.45, 7) is 11.7. The number of alkyl halides is 3. The number of carbonyl (C=O) groups is 1. The molecule has 1 N–H and O–H groups in total. The molecule has 5 rings (SSSR count). The number of anilines is 2. The van der Waals surface area contributed by atoms with Crippen molar-refractivity contribution in [1.82, 2.24) is 9.78 Å². The second-order valence-electron chi connectivity index (χ2n) is 12.3. The second-order valence-corrected chi connectivity index (χ2v) is 12.3. The average molecular weight is 608 g/mol. The van der Waals surface area contributed by atoms with E-state index in [-0.39, 0.29) is 18.2 Å². The van der Waals surface area contributed by atoms with E-state index in [1.54, 1.807) is 4.68 Å². The number of fused-ring (bicyclic) bond motifs is 1. The number of benzene rings is 2. The molecule has 3 aromatic rings.